The topological polar surface area (TPSA) is 96.7 Å². The summed E-state index contributed by atoms with van der Waals surface area (Å²) in [5.41, 5.74) is 0.752. The average Bonchev–Trinajstić information content (AvgIpc) is 3.15. The molecule has 9 nitrogen and oxygen atoms in total. The Morgan fingerprint density at radius 2 is 1.84 bits per heavy atom. The second-order valence-electron chi connectivity index (χ2n) is 9.97. The molecule has 0 saturated heterocycles. The Bertz CT molecular complexity index is 1200. The van der Waals surface area contributed by atoms with Crippen LogP contribution in [-0.4, -0.2) is 52.3 Å². The molecular formula is C26H32F2N4O5. The lowest BCUT2D eigenvalue weighted by Gasteiger charge is -2.30. The van der Waals surface area contributed by atoms with Gasteiger partial charge in [0.05, 0.1) is 31.3 Å². The van der Waals surface area contributed by atoms with E-state index in [-0.39, 0.29) is 18.0 Å². The van der Waals surface area contributed by atoms with Crippen molar-refractivity contribution < 1.29 is 32.5 Å². The summed E-state index contributed by atoms with van der Waals surface area (Å²) in [5, 5.41) is 7.47. The van der Waals surface area contributed by atoms with Crippen LogP contribution in [0.4, 0.5) is 13.6 Å². The van der Waals surface area contributed by atoms with E-state index < -0.39 is 18.3 Å². The molecule has 0 aliphatic heterocycles. The molecule has 0 spiro atoms. The number of halogens is 2. The highest BCUT2D eigenvalue weighted by Gasteiger charge is 2.26. The summed E-state index contributed by atoms with van der Waals surface area (Å²) in [6.45, 7) is 2.76. The van der Waals surface area contributed by atoms with E-state index in [0.29, 0.717) is 29.1 Å². The number of methoxy groups -OCH3 is 1. The summed E-state index contributed by atoms with van der Waals surface area (Å²) in [4.78, 5) is 16.5. The van der Waals surface area contributed by atoms with Crippen LogP contribution in [0, 0.1) is 0 Å². The summed E-state index contributed by atoms with van der Waals surface area (Å²) in [6.07, 6.45) is 3.95. The number of pyridine rings is 1. The highest BCUT2D eigenvalue weighted by Crippen LogP contribution is 2.31. The number of ether oxygens (including phenoxy) is 4. The van der Waals surface area contributed by atoms with E-state index in [4.69, 9.17) is 14.2 Å². The quantitative estimate of drug-likeness (QED) is 0.432. The fraction of sp³-hybridized carbons (Fsp3) is 0.500. The second kappa shape index (κ2) is 11.2. The zero-order chi connectivity index (χ0) is 26.6. The van der Waals surface area contributed by atoms with Crippen LogP contribution in [0.5, 0.6) is 17.4 Å². The Morgan fingerprint density at radius 3 is 2.46 bits per heavy atom. The number of hydrogen-bond donors (Lipinski definition) is 1. The van der Waals surface area contributed by atoms with Gasteiger partial charge in [-0.2, -0.15) is 8.78 Å². The van der Waals surface area contributed by atoms with Crippen LogP contribution in [0.15, 0.2) is 36.5 Å². The number of alkyl halides is 2. The van der Waals surface area contributed by atoms with Crippen molar-refractivity contribution in [3.05, 3.63) is 42.1 Å². The van der Waals surface area contributed by atoms with E-state index in [9.17, 15) is 13.6 Å². The van der Waals surface area contributed by atoms with Crippen molar-refractivity contribution in [1.82, 2.24) is 20.1 Å². The highest BCUT2D eigenvalue weighted by atomic mass is 19.3. The second-order valence-corrected chi connectivity index (χ2v) is 9.97. The number of rotatable bonds is 8. The Kier molecular flexibility index (Phi) is 7.99. The van der Waals surface area contributed by atoms with Crippen LogP contribution in [0.3, 0.4) is 0 Å². The molecule has 1 aliphatic carbocycles. The van der Waals surface area contributed by atoms with Crippen molar-refractivity contribution in [3.8, 4) is 17.4 Å². The minimum atomic E-state index is -3.02. The lowest BCUT2D eigenvalue weighted by molar-refractivity contribution is -0.0522. The number of carbonyl (C=O) groups excluding carboxylic acids is 1. The third kappa shape index (κ3) is 7.21. The number of aromatic nitrogens is 3. The van der Waals surface area contributed by atoms with Crippen molar-refractivity contribution in [1.29, 1.82) is 0 Å². The van der Waals surface area contributed by atoms with Crippen LogP contribution < -0.4 is 19.5 Å². The molecule has 0 unspecified atom stereocenters. The monoisotopic (exact) mass is 518 g/mol. The number of amides is 1. The Balaban J connectivity index is 1.43. The molecule has 200 valence electrons. The molecular weight excluding hydrogens is 486 g/mol. The van der Waals surface area contributed by atoms with Gasteiger partial charge in [0.15, 0.2) is 5.65 Å². The van der Waals surface area contributed by atoms with Gasteiger partial charge < -0.3 is 24.3 Å². The number of nitrogens with zero attached hydrogens (tertiary/aromatic N) is 3. The molecule has 1 aliphatic rings. The molecule has 0 atom stereocenters. The van der Waals surface area contributed by atoms with Crippen molar-refractivity contribution in [2.24, 2.45) is 0 Å². The standard InChI is InChI=1S/C26H32F2N4O5/c1-26(2,3)37-25(33)30-17-7-11-19(12-8-17)35-20-13-21-22(29-14-20)32(31-23(21)36-24(27)28)15-16-5-9-18(34-4)10-6-16/h5-6,9-10,13-14,17,19,24H,7-8,11-12,15H2,1-4H3,(H,30,33). The third-order valence-corrected chi connectivity index (χ3v) is 5.92. The van der Waals surface area contributed by atoms with Gasteiger partial charge >= 0.3 is 12.7 Å². The predicted molar refractivity (Wildman–Crippen MR) is 132 cm³/mol. The first-order valence-corrected chi connectivity index (χ1v) is 12.2. The molecule has 1 amide bonds. The van der Waals surface area contributed by atoms with Crippen LogP contribution >= 0.6 is 0 Å². The molecule has 0 bridgehead atoms. The molecule has 1 saturated carbocycles. The average molecular weight is 519 g/mol. The first kappa shape index (κ1) is 26.4. The molecule has 3 aromatic rings. The molecule has 11 heteroatoms. The lowest BCUT2D eigenvalue weighted by atomic mass is 9.93. The van der Waals surface area contributed by atoms with Gasteiger partial charge in [0.2, 0.25) is 5.88 Å². The SMILES string of the molecule is COc1ccc(Cn2nc(OC(F)F)c3cc(OC4CCC(NC(=O)OC(C)(C)C)CC4)cnc32)cc1. The van der Waals surface area contributed by atoms with Gasteiger partial charge in [-0.05, 0) is 70.2 Å². The van der Waals surface area contributed by atoms with Gasteiger partial charge in [0.1, 0.15) is 17.1 Å². The molecule has 4 rings (SSSR count). The van der Waals surface area contributed by atoms with Crippen LogP contribution in [0.25, 0.3) is 11.0 Å². The highest BCUT2D eigenvalue weighted by molar-refractivity contribution is 5.82. The summed E-state index contributed by atoms with van der Waals surface area (Å²) in [7, 11) is 1.58. The zero-order valence-corrected chi connectivity index (χ0v) is 21.4. The van der Waals surface area contributed by atoms with Gasteiger partial charge in [-0.15, -0.1) is 5.10 Å². The summed E-state index contributed by atoms with van der Waals surface area (Å²) in [6, 6.07) is 9.00. The number of carbonyl (C=O) groups is 1. The van der Waals surface area contributed by atoms with E-state index in [1.165, 1.54) is 4.68 Å². The summed E-state index contributed by atoms with van der Waals surface area (Å²) >= 11 is 0. The van der Waals surface area contributed by atoms with Crippen molar-refractivity contribution >= 4 is 17.1 Å². The largest absolute Gasteiger partial charge is 0.497 e. The minimum absolute atomic E-state index is 0.0116. The maximum absolute atomic E-state index is 13.1. The van der Waals surface area contributed by atoms with Gasteiger partial charge in [0, 0.05) is 6.04 Å². The first-order chi connectivity index (χ1) is 17.6. The summed E-state index contributed by atoms with van der Waals surface area (Å²) in [5.74, 6) is 0.950. The van der Waals surface area contributed by atoms with Crippen LogP contribution in [-0.2, 0) is 11.3 Å². The third-order valence-electron chi connectivity index (χ3n) is 5.92. The number of hydrogen-bond acceptors (Lipinski definition) is 7. The fourth-order valence-corrected chi connectivity index (χ4v) is 4.25. The molecule has 1 aromatic carbocycles. The maximum atomic E-state index is 13.1. The van der Waals surface area contributed by atoms with Gasteiger partial charge in [-0.3, -0.25) is 0 Å². The number of benzene rings is 1. The van der Waals surface area contributed by atoms with E-state index in [1.54, 1.807) is 19.4 Å². The Hall–Kier alpha value is -3.63. The van der Waals surface area contributed by atoms with Crippen LogP contribution in [0.1, 0.15) is 52.0 Å². The van der Waals surface area contributed by atoms with Crippen molar-refractivity contribution in [2.75, 3.05) is 7.11 Å². The van der Waals surface area contributed by atoms with E-state index >= 15 is 0 Å². The number of fused-ring (bicyclic) bond motifs is 1. The van der Waals surface area contributed by atoms with Crippen molar-refractivity contribution in [2.45, 2.75) is 77.4 Å². The molecule has 1 fully saturated rings. The van der Waals surface area contributed by atoms with E-state index in [1.807, 2.05) is 45.0 Å². The zero-order valence-electron chi connectivity index (χ0n) is 21.4. The van der Waals surface area contributed by atoms with Gasteiger partial charge in [-0.1, -0.05) is 12.1 Å². The minimum Gasteiger partial charge on any atom is -0.497 e. The Morgan fingerprint density at radius 1 is 1.14 bits per heavy atom. The fourth-order valence-electron chi connectivity index (χ4n) is 4.25. The maximum Gasteiger partial charge on any atom is 0.407 e. The van der Waals surface area contributed by atoms with Crippen molar-refractivity contribution in [3.63, 3.8) is 0 Å². The number of alkyl carbamates (subject to hydrolysis) is 1. The normalized spacial score (nSPS) is 18.0. The molecule has 0 radical (unpaired) electrons. The van der Waals surface area contributed by atoms with Crippen LogP contribution in [0.2, 0.25) is 0 Å². The van der Waals surface area contributed by atoms with E-state index in [2.05, 4.69) is 20.1 Å². The Labute approximate surface area is 214 Å². The van der Waals surface area contributed by atoms with E-state index in [0.717, 1.165) is 31.2 Å². The molecule has 37 heavy (non-hydrogen) atoms. The molecule has 2 heterocycles. The molecule has 2 aromatic heterocycles. The lowest BCUT2D eigenvalue weighted by Crippen LogP contribution is -2.42. The van der Waals surface area contributed by atoms with Gasteiger partial charge in [-0.25, -0.2) is 14.5 Å². The predicted octanol–water partition coefficient (Wildman–Crippen LogP) is 5.30. The van der Waals surface area contributed by atoms with Gasteiger partial charge in [0.25, 0.3) is 0 Å². The number of nitrogens with one attached hydrogen (secondary N) is 1. The first-order valence-electron chi connectivity index (χ1n) is 12.2. The summed E-state index contributed by atoms with van der Waals surface area (Å²) < 4.78 is 49.0. The molecule has 1 N–H and O–H groups in total. The smallest absolute Gasteiger partial charge is 0.407 e.